The van der Waals surface area contributed by atoms with Gasteiger partial charge in [-0.05, 0) is 56.7 Å². The third-order valence-corrected chi connectivity index (χ3v) is 3.75. The Morgan fingerprint density at radius 2 is 1.65 bits per heavy atom. The van der Waals surface area contributed by atoms with Crippen LogP contribution in [0, 0.1) is 13.8 Å². The fourth-order valence-electron chi connectivity index (χ4n) is 2.41. The van der Waals surface area contributed by atoms with Gasteiger partial charge in [-0.3, -0.25) is 0 Å². The lowest BCUT2D eigenvalue weighted by atomic mass is 10.0. The predicted molar refractivity (Wildman–Crippen MR) is 88.9 cm³/mol. The van der Waals surface area contributed by atoms with Gasteiger partial charge in [-0.2, -0.15) is 0 Å². The van der Waals surface area contributed by atoms with E-state index in [1.165, 1.54) is 47.1 Å². The minimum atomic E-state index is 1.17. The second-order valence-corrected chi connectivity index (χ2v) is 5.69. The van der Waals surface area contributed by atoms with E-state index in [9.17, 15) is 0 Å². The summed E-state index contributed by atoms with van der Waals surface area (Å²) >= 11 is 0. The summed E-state index contributed by atoms with van der Waals surface area (Å²) < 4.78 is 0. The zero-order valence-electron chi connectivity index (χ0n) is 12.8. The number of hydrogen-bond acceptors (Lipinski definition) is 0. The highest BCUT2D eigenvalue weighted by Gasteiger charge is 1.97. The lowest BCUT2D eigenvalue weighted by Gasteiger charge is -2.05. The second kappa shape index (κ2) is 7.09. The van der Waals surface area contributed by atoms with Crippen molar-refractivity contribution in [3.63, 3.8) is 0 Å². The van der Waals surface area contributed by atoms with Crippen LogP contribution in [-0.2, 0) is 6.42 Å². The van der Waals surface area contributed by atoms with Crippen LogP contribution >= 0.6 is 0 Å². The SMILES string of the molecule is CC(=Cc1ccccc1C)CCCc1ccc(C)cc1. The van der Waals surface area contributed by atoms with Crippen molar-refractivity contribution in [3.8, 4) is 0 Å². The first-order chi connectivity index (χ1) is 9.65. The van der Waals surface area contributed by atoms with Crippen LogP contribution in [0.5, 0.6) is 0 Å². The molecule has 2 rings (SSSR count). The molecule has 0 N–H and O–H groups in total. The van der Waals surface area contributed by atoms with Crippen LogP contribution in [0.3, 0.4) is 0 Å². The molecule has 0 fully saturated rings. The smallest absolute Gasteiger partial charge is 0.0228 e. The van der Waals surface area contributed by atoms with Crippen molar-refractivity contribution in [2.75, 3.05) is 0 Å². The Hall–Kier alpha value is -1.82. The number of benzene rings is 2. The average Bonchev–Trinajstić information content (AvgIpc) is 2.44. The molecule has 0 atom stereocenters. The van der Waals surface area contributed by atoms with Crippen molar-refractivity contribution in [2.24, 2.45) is 0 Å². The van der Waals surface area contributed by atoms with Crippen LogP contribution in [-0.4, -0.2) is 0 Å². The molecule has 0 aliphatic heterocycles. The molecule has 0 aromatic heterocycles. The lowest BCUT2D eigenvalue weighted by Crippen LogP contribution is -1.87. The van der Waals surface area contributed by atoms with Gasteiger partial charge in [0, 0.05) is 0 Å². The maximum Gasteiger partial charge on any atom is -0.0228 e. The van der Waals surface area contributed by atoms with Gasteiger partial charge in [-0.1, -0.05) is 65.7 Å². The molecule has 2 aromatic rings. The monoisotopic (exact) mass is 264 g/mol. The Bertz CT molecular complexity index is 573. The van der Waals surface area contributed by atoms with Crippen LogP contribution in [0.1, 0.15) is 42.0 Å². The van der Waals surface area contributed by atoms with Gasteiger partial charge in [-0.25, -0.2) is 0 Å². The molecule has 0 saturated heterocycles. The van der Waals surface area contributed by atoms with Crippen molar-refractivity contribution >= 4 is 6.08 Å². The number of rotatable bonds is 5. The Morgan fingerprint density at radius 3 is 2.35 bits per heavy atom. The van der Waals surface area contributed by atoms with Gasteiger partial charge in [0.1, 0.15) is 0 Å². The first-order valence-corrected chi connectivity index (χ1v) is 7.43. The summed E-state index contributed by atoms with van der Waals surface area (Å²) in [5.41, 5.74) is 6.95. The number of allylic oxidation sites excluding steroid dienone is 1. The van der Waals surface area contributed by atoms with Gasteiger partial charge in [0.15, 0.2) is 0 Å². The molecular formula is C20H24. The lowest BCUT2D eigenvalue weighted by molar-refractivity contribution is 0.815. The molecule has 20 heavy (non-hydrogen) atoms. The fourth-order valence-corrected chi connectivity index (χ4v) is 2.41. The van der Waals surface area contributed by atoms with Crippen LogP contribution in [0.2, 0.25) is 0 Å². The summed E-state index contributed by atoms with van der Waals surface area (Å²) in [5, 5.41) is 0. The number of hydrogen-bond donors (Lipinski definition) is 0. The molecule has 104 valence electrons. The van der Waals surface area contributed by atoms with Gasteiger partial charge in [0.05, 0.1) is 0 Å². The molecule has 0 radical (unpaired) electrons. The molecule has 0 heterocycles. The molecular weight excluding hydrogens is 240 g/mol. The Kier molecular flexibility index (Phi) is 5.17. The highest BCUT2D eigenvalue weighted by atomic mass is 14.0. The van der Waals surface area contributed by atoms with E-state index in [-0.39, 0.29) is 0 Å². The minimum Gasteiger partial charge on any atom is -0.0727 e. The van der Waals surface area contributed by atoms with Crippen LogP contribution in [0.15, 0.2) is 54.1 Å². The van der Waals surface area contributed by atoms with Crippen molar-refractivity contribution in [1.82, 2.24) is 0 Å². The second-order valence-electron chi connectivity index (χ2n) is 5.69. The van der Waals surface area contributed by atoms with Crippen molar-refractivity contribution in [3.05, 3.63) is 76.4 Å². The van der Waals surface area contributed by atoms with Gasteiger partial charge in [-0.15, -0.1) is 0 Å². The summed E-state index contributed by atoms with van der Waals surface area (Å²) in [4.78, 5) is 0. The Balaban J connectivity index is 1.87. The fraction of sp³-hybridized carbons (Fsp3) is 0.300. The molecule has 2 aromatic carbocycles. The average molecular weight is 264 g/mol. The standard InChI is InChI=1S/C20H24/c1-16-11-13-19(14-12-16)9-6-7-17(2)15-20-10-5-4-8-18(20)3/h4-5,8,10-15H,6-7,9H2,1-3H3. The molecule has 0 nitrogen and oxygen atoms in total. The quantitative estimate of drug-likeness (QED) is 0.647. The van der Waals surface area contributed by atoms with Crippen molar-refractivity contribution in [1.29, 1.82) is 0 Å². The minimum absolute atomic E-state index is 1.17. The number of aryl methyl sites for hydroxylation is 3. The van der Waals surface area contributed by atoms with Crippen LogP contribution < -0.4 is 0 Å². The van der Waals surface area contributed by atoms with E-state index < -0.39 is 0 Å². The van der Waals surface area contributed by atoms with Gasteiger partial charge in [0.2, 0.25) is 0 Å². The normalized spacial score (nSPS) is 11.7. The molecule has 0 aliphatic carbocycles. The van der Waals surface area contributed by atoms with Crippen molar-refractivity contribution < 1.29 is 0 Å². The van der Waals surface area contributed by atoms with E-state index in [2.05, 4.69) is 75.4 Å². The molecule has 0 amide bonds. The predicted octanol–water partition coefficient (Wildman–Crippen LogP) is 5.73. The topological polar surface area (TPSA) is 0 Å². The summed E-state index contributed by atoms with van der Waals surface area (Å²) in [6.45, 7) is 6.55. The summed E-state index contributed by atoms with van der Waals surface area (Å²) in [5.74, 6) is 0. The Labute approximate surface area is 123 Å². The van der Waals surface area contributed by atoms with E-state index in [1.807, 2.05) is 0 Å². The van der Waals surface area contributed by atoms with E-state index in [1.54, 1.807) is 0 Å². The first-order valence-electron chi connectivity index (χ1n) is 7.43. The summed E-state index contributed by atoms with van der Waals surface area (Å²) in [7, 11) is 0. The van der Waals surface area contributed by atoms with Gasteiger partial charge in [0.25, 0.3) is 0 Å². The van der Waals surface area contributed by atoms with E-state index >= 15 is 0 Å². The highest BCUT2D eigenvalue weighted by Crippen LogP contribution is 2.16. The third kappa shape index (κ3) is 4.38. The summed E-state index contributed by atoms with van der Waals surface area (Å²) in [6, 6.07) is 17.5. The maximum absolute atomic E-state index is 2.32. The highest BCUT2D eigenvalue weighted by molar-refractivity contribution is 5.55. The Morgan fingerprint density at radius 1 is 0.950 bits per heavy atom. The first kappa shape index (κ1) is 14.6. The molecule has 0 spiro atoms. The largest absolute Gasteiger partial charge is 0.0727 e. The van der Waals surface area contributed by atoms with Crippen LogP contribution in [0.4, 0.5) is 0 Å². The van der Waals surface area contributed by atoms with E-state index in [0.717, 1.165) is 0 Å². The van der Waals surface area contributed by atoms with Gasteiger partial charge >= 0.3 is 0 Å². The molecule has 0 unspecified atom stereocenters. The molecule has 0 saturated carbocycles. The third-order valence-electron chi connectivity index (χ3n) is 3.75. The molecule has 0 heteroatoms. The van der Waals surface area contributed by atoms with E-state index in [4.69, 9.17) is 0 Å². The zero-order chi connectivity index (χ0) is 14.4. The maximum atomic E-state index is 2.32. The molecule has 0 aliphatic rings. The van der Waals surface area contributed by atoms with Crippen molar-refractivity contribution in [2.45, 2.75) is 40.0 Å². The van der Waals surface area contributed by atoms with Crippen LogP contribution in [0.25, 0.3) is 6.08 Å². The van der Waals surface area contributed by atoms with E-state index in [0.29, 0.717) is 0 Å². The van der Waals surface area contributed by atoms with Gasteiger partial charge < -0.3 is 0 Å². The summed E-state index contributed by atoms with van der Waals surface area (Å²) in [6.07, 6.45) is 5.88. The zero-order valence-corrected chi connectivity index (χ0v) is 12.8. The molecule has 0 bridgehead atoms.